The lowest BCUT2D eigenvalue weighted by Gasteiger charge is -2.38. The first-order valence-corrected chi connectivity index (χ1v) is 6.14. The molecule has 0 spiro atoms. The molecule has 2 heterocycles. The number of nitrogens with zero attached hydrogens (tertiary/aromatic N) is 2. The van der Waals surface area contributed by atoms with Crippen molar-refractivity contribution in [2.24, 2.45) is 0 Å². The molecule has 0 atom stereocenters. The van der Waals surface area contributed by atoms with Gasteiger partial charge in [0.2, 0.25) is 0 Å². The van der Waals surface area contributed by atoms with E-state index >= 15 is 0 Å². The highest BCUT2D eigenvalue weighted by molar-refractivity contribution is 5.77. The Morgan fingerprint density at radius 2 is 2.22 bits per heavy atom. The van der Waals surface area contributed by atoms with E-state index in [1.165, 1.54) is 0 Å². The van der Waals surface area contributed by atoms with Crippen molar-refractivity contribution in [1.82, 2.24) is 20.2 Å². The molecule has 94 valence electrons. The molecule has 1 aliphatic rings. The molecule has 18 heavy (non-hydrogen) atoms. The van der Waals surface area contributed by atoms with Gasteiger partial charge >= 0.3 is 0 Å². The van der Waals surface area contributed by atoms with Crippen LogP contribution in [0.5, 0.6) is 0 Å². The molecule has 5 heteroatoms. The summed E-state index contributed by atoms with van der Waals surface area (Å²) in [5.41, 5.74) is 0.711. The highest BCUT2D eigenvalue weighted by Crippen LogP contribution is 2.11. The summed E-state index contributed by atoms with van der Waals surface area (Å²) in [7, 11) is 1.97. The summed E-state index contributed by atoms with van der Waals surface area (Å²) < 4.78 is 0. The molecule has 2 aromatic rings. The fourth-order valence-corrected chi connectivity index (χ4v) is 2.30. The van der Waals surface area contributed by atoms with Crippen LogP contribution in [-0.4, -0.2) is 41.0 Å². The normalized spacial score (nSPS) is 16.9. The van der Waals surface area contributed by atoms with Crippen LogP contribution in [0.15, 0.2) is 29.1 Å². The van der Waals surface area contributed by atoms with Gasteiger partial charge in [-0.25, -0.2) is 4.98 Å². The number of nitrogens with one attached hydrogen (secondary N) is 2. The van der Waals surface area contributed by atoms with Crippen LogP contribution in [0.25, 0.3) is 10.9 Å². The Morgan fingerprint density at radius 1 is 1.44 bits per heavy atom. The number of fused-ring (bicyclic) bond motifs is 1. The molecule has 0 saturated carbocycles. The van der Waals surface area contributed by atoms with Gasteiger partial charge in [-0.3, -0.25) is 9.69 Å². The molecule has 1 fully saturated rings. The van der Waals surface area contributed by atoms with Gasteiger partial charge in [0.1, 0.15) is 5.82 Å². The topological polar surface area (TPSA) is 61.0 Å². The van der Waals surface area contributed by atoms with E-state index in [-0.39, 0.29) is 5.56 Å². The van der Waals surface area contributed by atoms with E-state index < -0.39 is 0 Å². The van der Waals surface area contributed by atoms with Crippen LogP contribution >= 0.6 is 0 Å². The number of aromatic nitrogens is 2. The molecule has 0 amide bonds. The van der Waals surface area contributed by atoms with Gasteiger partial charge in [0.25, 0.3) is 5.56 Å². The molecule has 1 aliphatic heterocycles. The van der Waals surface area contributed by atoms with Crippen molar-refractivity contribution in [3.63, 3.8) is 0 Å². The van der Waals surface area contributed by atoms with Gasteiger partial charge in [-0.2, -0.15) is 0 Å². The highest BCUT2D eigenvalue weighted by atomic mass is 16.1. The van der Waals surface area contributed by atoms with Crippen molar-refractivity contribution in [3.8, 4) is 0 Å². The van der Waals surface area contributed by atoms with Crippen LogP contribution in [0.1, 0.15) is 5.82 Å². The quantitative estimate of drug-likeness (QED) is 0.816. The lowest BCUT2D eigenvalue weighted by atomic mass is 10.1. The standard InChI is InChI=1S/C13H16N4O/c1-14-9-6-17(7-9)8-12-15-11-5-3-2-4-10(11)13(18)16-12/h2-5,9,14H,6-8H2,1H3,(H,15,16,18). The minimum absolute atomic E-state index is 0.0544. The number of likely N-dealkylation sites (N-methyl/N-ethyl adjacent to an activating group) is 1. The van der Waals surface area contributed by atoms with Crippen LogP contribution < -0.4 is 10.9 Å². The number of aromatic amines is 1. The fourth-order valence-electron chi connectivity index (χ4n) is 2.30. The Balaban J connectivity index is 1.83. The molecule has 1 aromatic carbocycles. The van der Waals surface area contributed by atoms with E-state index in [4.69, 9.17) is 0 Å². The molecule has 5 nitrogen and oxygen atoms in total. The number of H-pyrrole nitrogens is 1. The Bertz CT molecular complexity index is 616. The number of benzene rings is 1. The third kappa shape index (κ3) is 2.02. The first-order chi connectivity index (χ1) is 8.76. The maximum atomic E-state index is 11.9. The van der Waals surface area contributed by atoms with E-state index in [9.17, 15) is 4.79 Å². The molecule has 0 aliphatic carbocycles. The Kier molecular flexibility index (Phi) is 2.85. The average Bonchev–Trinajstić information content (AvgIpc) is 2.33. The first-order valence-electron chi connectivity index (χ1n) is 6.14. The minimum atomic E-state index is -0.0544. The number of para-hydroxylation sites is 1. The number of likely N-dealkylation sites (tertiary alicyclic amines) is 1. The van der Waals surface area contributed by atoms with Gasteiger partial charge < -0.3 is 10.3 Å². The van der Waals surface area contributed by atoms with E-state index in [1.54, 1.807) is 6.07 Å². The zero-order valence-corrected chi connectivity index (χ0v) is 10.3. The predicted molar refractivity (Wildman–Crippen MR) is 70.5 cm³/mol. The van der Waals surface area contributed by atoms with Crippen LogP contribution in [-0.2, 0) is 6.54 Å². The minimum Gasteiger partial charge on any atom is -0.315 e. The Morgan fingerprint density at radius 3 is 3.00 bits per heavy atom. The smallest absolute Gasteiger partial charge is 0.258 e. The zero-order chi connectivity index (χ0) is 12.5. The molecule has 2 N–H and O–H groups in total. The van der Waals surface area contributed by atoms with Crippen molar-refractivity contribution >= 4 is 10.9 Å². The Hall–Kier alpha value is -1.72. The Labute approximate surface area is 105 Å². The van der Waals surface area contributed by atoms with Gasteiger partial charge in [0.05, 0.1) is 17.4 Å². The molecule has 1 saturated heterocycles. The van der Waals surface area contributed by atoms with Crippen molar-refractivity contribution in [1.29, 1.82) is 0 Å². The molecule has 1 aromatic heterocycles. The van der Waals surface area contributed by atoms with E-state index in [0.29, 0.717) is 18.0 Å². The summed E-state index contributed by atoms with van der Waals surface area (Å²) in [5, 5.41) is 3.88. The molecule has 3 rings (SSSR count). The third-order valence-corrected chi connectivity index (χ3v) is 3.40. The monoisotopic (exact) mass is 244 g/mol. The number of rotatable bonds is 3. The summed E-state index contributed by atoms with van der Waals surface area (Å²) in [6.45, 7) is 2.72. The van der Waals surface area contributed by atoms with Crippen LogP contribution in [0, 0.1) is 0 Å². The second-order valence-corrected chi connectivity index (χ2v) is 4.71. The van der Waals surface area contributed by atoms with E-state index in [2.05, 4.69) is 20.2 Å². The van der Waals surface area contributed by atoms with Crippen molar-refractivity contribution in [2.45, 2.75) is 12.6 Å². The van der Waals surface area contributed by atoms with Crippen LogP contribution in [0.4, 0.5) is 0 Å². The molecule has 0 bridgehead atoms. The summed E-state index contributed by atoms with van der Waals surface area (Å²) in [6.07, 6.45) is 0. The number of hydrogen-bond acceptors (Lipinski definition) is 4. The predicted octanol–water partition coefficient (Wildman–Crippen LogP) is 0.327. The maximum Gasteiger partial charge on any atom is 0.258 e. The van der Waals surface area contributed by atoms with E-state index in [0.717, 1.165) is 24.4 Å². The first kappa shape index (κ1) is 11.4. The van der Waals surface area contributed by atoms with Gasteiger partial charge in [0.15, 0.2) is 0 Å². The molecular weight excluding hydrogens is 228 g/mol. The SMILES string of the molecule is CNC1CN(Cc2nc3ccccc3c(=O)[nH]2)C1. The largest absolute Gasteiger partial charge is 0.315 e. The fraction of sp³-hybridized carbons (Fsp3) is 0.385. The maximum absolute atomic E-state index is 11.9. The molecule has 0 radical (unpaired) electrons. The van der Waals surface area contributed by atoms with Gasteiger partial charge in [-0.15, -0.1) is 0 Å². The summed E-state index contributed by atoms with van der Waals surface area (Å²) >= 11 is 0. The van der Waals surface area contributed by atoms with Gasteiger partial charge in [-0.1, -0.05) is 12.1 Å². The van der Waals surface area contributed by atoms with Crippen LogP contribution in [0.2, 0.25) is 0 Å². The summed E-state index contributed by atoms with van der Waals surface area (Å²) in [6, 6.07) is 7.99. The average molecular weight is 244 g/mol. The van der Waals surface area contributed by atoms with Gasteiger partial charge in [-0.05, 0) is 19.2 Å². The summed E-state index contributed by atoms with van der Waals surface area (Å²) in [5.74, 6) is 0.744. The lowest BCUT2D eigenvalue weighted by Crippen LogP contribution is -2.56. The lowest BCUT2D eigenvalue weighted by molar-refractivity contribution is 0.120. The van der Waals surface area contributed by atoms with Crippen LogP contribution in [0.3, 0.4) is 0 Å². The zero-order valence-electron chi connectivity index (χ0n) is 10.3. The molecular formula is C13H16N4O. The van der Waals surface area contributed by atoms with Crippen molar-refractivity contribution in [3.05, 3.63) is 40.4 Å². The highest BCUT2D eigenvalue weighted by Gasteiger charge is 2.25. The number of hydrogen-bond donors (Lipinski definition) is 2. The van der Waals surface area contributed by atoms with Crippen molar-refractivity contribution in [2.75, 3.05) is 20.1 Å². The van der Waals surface area contributed by atoms with Crippen molar-refractivity contribution < 1.29 is 0 Å². The molecule has 0 unspecified atom stereocenters. The second kappa shape index (κ2) is 4.51. The van der Waals surface area contributed by atoms with E-state index in [1.807, 2.05) is 25.2 Å². The summed E-state index contributed by atoms with van der Waals surface area (Å²) in [4.78, 5) is 21.5. The third-order valence-electron chi connectivity index (χ3n) is 3.40. The van der Waals surface area contributed by atoms with Gasteiger partial charge in [0, 0.05) is 19.1 Å². The second-order valence-electron chi connectivity index (χ2n) is 4.71.